The average molecular weight is 583 g/mol. The summed E-state index contributed by atoms with van der Waals surface area (Å²) in [4.78, 5) is 6.81. The van der Waals surface area contributed by atoms with Gasteiger partial charge in [0.1, 0.15) is 16.5 Å². The Morgan fingerprint density at radius 1 is 1.18 bits per heavy atom. The van der Waals surface area contributed by atoms with Gasteiger partial charge in [0.15, 0.2) is 0 Å². The minimum Gasteiger partial charge on any atom is -0.392 e. The fraction of sp³-hybridized carbons (Fsp3) is 0.286. The molecular formula is C21H17BrClF4N3O3S. The van der Waals surface area contributed by atoms with E-state index in [1.54, 1.807) is 6.07 Å². The molecule has 2 heterocycles. The molecule has 0 spiro atoms. The van der Waals surface area contributed by atoms with Gasteiger partial charge in [-0.3, -0.25) is 0 Å². The molecule has 0 saturated carbocycles. The number of aliphatic hydroxyl groups excluding tert-OH is 1. The first kappa shape index (κ1) is 25.1. The molecular weight excluding hydrogens is 566 g/mol. The van der Waals surface area contributed by atoms with Crippen molar-refractivity contribution in [1.29, 1.82) is 0 Å². The van der Waals surface area contributed by atoms with Crippen molar-refractivity contribution in [3.05, 3.63) is 57.9 Å². The number of aromatic amines is 1. The van der Waals surface area contributed by atoms with Crippen LogP contribution in [0.5, 0.6) is 0 Å². The highest BCUT2D eigenvalue weighted by Gasteiger charge is 2.49. The van der Waals surface area contributed by atoms with Gasteiger partial charge in [-0.25, -0.2) is 17.8 Å². The quantitative estimate of drug-likeness (QED) is 0.413. The van der Waals surface area contributed by atoms with E-state index >= 15 is 0 Å². The highest BCUT2D eigenvalue weighted by Crippen LogP contribution is 2.37. The third kappa shape index (κ3) is 4.87. The van der Waals surface area contributed by atoms with E-state index in [1.165, 1.54) is 36.5 Å². The summed E-state index contributed by atoms with van der Waals surface area (Å²) < 4.78 is 81.0. The topological polar surface area (TPSA) is 86.3 Å². The summed E-state index contributed by atoms with van der Waals surface area (Å²) in [6, 6.07) is 8.51. The monoisotopic (exact) mass is 581 g/mol. The summed E-state index contributed by atoms with van der Waals surface area (Å²) >= 11 is 9.20. The molecule has 1 fully saturated rings. The van der Waals surface area contributed by atoms with Gasteiger partial charge in [-0.2, -0.15) is 17.5 Å². The van der Waals surface area contributed by atoms with Crippen LogP contribution in [-0.4, -0.2) is 53.2 Å². The molecule has 0 bridgehead atoms. The second-order valence-corrected chi connectivity index (χ2v) is 11.0. The first-order valence-corrected chi connectivity index (χ1v) is 12.5. The molecule has 2 aromatic carbocycles. The summed E-state index contributed by atoms with van der Waals surface area (Å²) in [5.41, 5.74) is 1.29. The van der Waals surface area contributed by atoms with Gasteiger partial charge >= 0.3 is 6.18 Å². The Balaban J connectivity index is 1.66. The maximum Gasteiger partial charge on any atom is 0.395 e. The molecule has 1 saturated heterocycles. The van der Waals surface area contributed by atoms with Crippen LogP contribution in [0.2, 0.25) is 5.02 Å². The zero-order valence-corrected chi connectivity index (χ0v) is 20.3. The maximum atomic E-state index is 13.9. The van der Waals surface area contributed by atoms with Crippen molar-refractivity contribution < 1.29 is 31.1 Å². The normalized spacial score (nSPS) is 20.0. The number of benzene rings is 2. The number of aromatic nitrogens is 2. The molecule has 1 aliphatic heterocycles. The van der Waals surface area contributed by atoms with Crippen LogP contribution >= 0.6 is 27.5 Å². The Hall–Kier alpha value is -1.99. The zero-order valence-electron chi connectivity index (χ0n) is 17.2. The first-order valence-electron chi connectivity index (χ1n) is 9.93. The number of nitrogens with one attached hydrogen (secondary N) is 1. The number of halogens is 6. The minimum absolute atomic E-state index is 0.166. The zero-order chi connectivity index (χ0) is 24.8. The van der Waals surface area contributed by atoms with E-state index in [1.807, 2.05) is 0 Å². The second-order valence-electron chi connectivity index (χ2n) is 7.79. The van der Waals surface area contributed by atoms with Crippen molar-refractivity contribution in [2.45, 2.75) is 23.6 Å². The highest BCUT2D eigenvalue weighted by molar-refractivity contribution is 9.10. The van der Waals surface area contributed by atoms with Crippen molar-refractivity contribution in [2.24, 2.45) is 5.92 Å². The third-order valence-corrected chi connectivity index (χ3v) is 8.58. The van der Waals surface area contributed by atoms with Gasteiger partial charge in [0, 0.05) is 24.2 Å². The Labute approximate surface area is 205 Å². The van der Waals surface area contributed by atoms with Gasteiger partial charge in [-0.05, 0) is 52.7 Å². The average Bonchev–Trinajstić information content (AvgIpc) is 3.25. The molecule has 0 aliphatic carbocycles. The van der Waals surface area contributed by atoms with Crippen molar-refractivity contribution in [1.82, 2.24) is 14.3 Å². The van der Waals surface area contributed by atoms with Gasteiger partial charge in [0.25, 0.3) is 0 Å². The van der Waals surface area contributed by atoms with Crippen molar-refractivity contribution >= 4 is 37.6 Å². The summed E-state index contributed by atoms with van der Waals surface area (Å²) in [7, 11) is -4.40. The number of sulfonamides is 1. The third-order valence-electron chi connectivity index (χ3n) is 5.59. The lowest BCUT2D eigenvalue weighted by molar-refractivity contribution is -0.208. The van der Waals surface area contributed by atoms with E-state index < -0.39 is 40.6 Å². The Morgan fingerprint density at radius 2 is 1.88 bits per heavy atom. The highest BCUT2D eigenvalue weighted by atomic mass is 79.9. The Kier molecular flexibility index (Phi) is 6.82. The number of piperidine rings is 1. The molecule has 1 aliphatic rings. The van der Waals surface area contributed by atoms with E-state index in [-0.39, 0.29) is 28.7 Å². The van der Waals surface area contributed by atoms with Gasteiger partial charge in [0.2, 0.25) is 10.0 Å². The number of hydrogen-bond acceptors (Lipinski definition) is 4. The van der Waals surface area contributed by atoms with Crippen molar-refractivity contribution in [3.63, 3.8) is 0 Å². The first-order chi connectivity index (χ1) is 15.9. The molecule has 1 aromatic heterocycles. The van der Waals surface area contributed by atoms with Crippen LogP contribution in [0.25, 0.3) is 22.6 Å². The molecule has 4 rings (SSSR count). The van der Waals surface area contributed by atoms with E-state index in [0.29, 0.717) is 25.6 Å². The maximum absolute atomic E-state index is 13.9. The summed E-state index contributed by atoms with van der Waals surface area (Å²) in [5.74, 6) is -2.41. The fourth-order valence-electron chi connectivity index (χ4n) is 3.72. The summed E-state index contributed by atoms with van der Waals surface area (Å²) in [6.45, 7) is -1.19. The summed E-state index contributed by atoms with van der Waals surface area (Å²) in [5, 5.41) is 9.56. The SMILES string of the molecule is O=S(=O)(c1cc(-c2ncc(-c3ccc(Br)c(F)c3)[nH]2)ccc1Cl)N1CC[C@H](O)C(C(F)(F)F)C1. The fourth-order valence-corrected chi connectivity index (χ4v) is 5.94. The number of alkyl halides is 3. The Morgan fingerprint density at radius 3 is 2.56 bits per heavy atom. The number of rotatable bonds is 4. The van der Waals surface area contributed by atoms with Gasteiger partial charge in [-0.15, -0.1) is 0 Å². The molecule has 182 valence electrons. The van der Waals surface area contributed by atoms with Crippen LogP contribution in [0.3, 0.4) is 0 Å². The second kappa shape index (κ2) is 9.23. The van der Waals surface area contributed by atoms with Crippen molar-refractivity contribution in [3.8, 4) is 22.6 Å². The molecule has 6 nitrogen and oxygen atoms in total. The smallest absolute Gasteiger partial charge is 0.392 e. The van der Waals surface area contributed by atoms with Crippen LogP contribution in [0.1, 0.15) is 6.42 Å². The van der Waals surface area contributed by atoms with Crippen LogP contribution < -0.4 is 0 Å². The lowest BCUT2D eigenvalue weighted by Gasteiger charge is -2.36. The number of nitrogens with zero attached hydrogens (tertiary/aromatic N) is 2. The molecule has 34 heavy (non-hydrogen) atoms. The van der Waals surface area contributed by atoms with E-state index in [4.69, 9.17) is 11.6 Å². The molecule has 0 amide bonds. The molecule has 0 radical (unpaired) electrons. The summed E-state index contributed by atoms with van der Waals surface area (Å²) in [6.07, 6.45) is -5.35. The number of H-pyrrole nitrogens is 1. The standard InChI is InChI=1S/C21H17BrClF4N3O3S/c22-14-3-1-11(7-16(14)24)17-9-28-20(29-17)12-2-4-15(23)19(8-12)34(32,33)30-6-5-18(31)13(10-30)21(25,26)27/h1-4,7-9,13,18,31H,5-6,10H2,(H,28,29)/t13?,18-/m0/s1. The number of aliphatic hydroxyl groups is 1. The molecule has 13 heteroatoms. The predicted molar refractivity (Wildman–Crippen MR) is 121 cm³/mol. The Bertz CT molecular complexity index is 1330. The number of imidazole rings is 1. The van der Waals surface area contributed by atoms with Gasteiger partial charge < -0.3 is 10.1 Å². The largest absolute Gasteiger partial charge is 0.395 e. The predicted octanol–water partition coefficient (Wildman–Crippen LogP) is 5.23. The van der Waals surface area contributed by atoms with E-state index in [2.05, 4.69) is 25.9 Å². The number of hydrogen-bond donors (Lipinski definition) is 2. The molecule has 2 atom stereocenters. The van der Waals surface area contributed by atoms with Gasteiger partial charge in [0.05, 0.1) is 33.4 Å². The van der Waals surface area contributed by atoms with E-state index in [9.17, 15) is 31.1 Å². The van der Waals surface area contributed by atoms with Crippen LogP contribution in [0.4, 0.5) is 17.6 Å². The van der Waals surface area contributed by atoms with Gasteiger partial charge in [-0.1, -0.05) is 17.7 Å². The van der Waals surface area contributed by atoms with E-state index in [0.717, 1.165) is 0 Å². The lowest BCUT2D eigenvalue weighted by atomic mass is 9.96. The molecule has 3 aromatic rings. The lowest BCUT2D eigenvalue weighted by Crippen LogP contribution is -2.51. The van der Waals surface area contributed by atoms with Crippen molar-refractivity contribution in [2.75, 3.05) is 13.1 Å². The molecule has 1 unspecified atom stereocenters. The van der Waals surface area contributed by atoms with Crippen LogP contribution in [-0.2, 0) is 10.0 Å². The minimum atomic E-state index is -4.75. The molecule has 2 N–H and O–H groups in total. The van der Waals surface area contributed by atoms with Crippen LogP contribution in [0.15, 0.2) is 52.0 Å². The van der Waals surface area contributed by atoms with Crippen LogP contribution in [0, 0.1) is 11.7 Å².